The van der Waals surface area contributed by atoms with Crippen LogP contribution in [0.2, 0.25) is 0 Å². The first-order valence-corrected chi connectivity index (χ1v) is 8.13. The molecule has 96 valence electrons. The van der Waals surface area contributed by atoms with E-state index < -0.39 is 10.0 Å². The molecule has 1 aromatic rings. The van der Waals surface area contributed by atoms with Gasteiger partial charge in [-0.25, -0.2) is 13.1 Å². The molecule has 0 bridgehead atoms. The van der Waals surface area contributed by atoms with E-state index in [0.717, 1.165) is 17.7 Å². The van der Waals surface area contributed by atoms with Gasteiger partial charge in [0.25, 0.3) is 0 Å². The molecule has 0 aromatic carbocycles. The first-order chi connectivity index (χ1) is 8.03. The fourth-order valence-corrected chi connectivity index (χ4v) is 4.37. The Balaban J connectivity index is 2.07. The van der Waals surface area contributed by atoms with E-state index in [1.807, 2.05) is 14.0 Å². The summed E-state index contributed by atoms with van der Waals surface area (Å²) in [5, 5.41) is 4.72. The first kappa shape index (κ1) is 13.0. The zero-order valence-corrected chi connectivity index (χ0v) is 11.7. The van der Waals surface area contributed by atoms with Crippen molar-refractivity contribution in [1.82, 2.24) is 10.0 Å². The van der Waals surface area contributed by atoms with E-state index in [0.29, 0.717) is 17.4 Å². The number of hydrogen-bond acceptors (Lipinski definition) is 4. The van der Waals surface area contributed by atoms with E-state index in [-0.39, 0.29) is 6.04 Å². The molecule has 4 nitrogen and oxygen atoms in total. The predicted octanol–water partition coefficient (Wildman–Crippen LogP) is 1.54. The van der Waals surface area contributed by atoms with Gasteiger partial charge in [-0.05, 0) is 38.8 Å². The van der Waals surface area contributed by atoms with Crippen molar-refractivity contribution in [2.24, 2.45) is 5.92 Å². The minimum Gasteiger partial charge on any atom is -0.315 e. The number of rotatable bonds is 6. The number of nitrogens with one attached hydrogen (secondary N) is 2. The maximum Gasteiger partial charge on any atom is 0.241 e. The fraction of sp³-hybridized carbons (Fsp3) is 0.636. The average Bonchev–Trinajstić information content (AvgIpc) is 2.99. The largest absolute Gasteiger partial charge is 0.315 e. The molecular formula is C11H18N2O2S2. The van der Waals surface area contributed by atoms with Crippen molar-refractivity contribution in [2.45, 2.75) is 37.2 Å². The molecule has 1 atom stereocenters. The molecule has 6 heteroatoms. The van der Waals surface area contributed by atoms with Gasteiger partial charge < -0.3 is 5.32 Å². The molecule has 0 amide bonds. The lowest BCUT2D eigenvalue weighted by Gasteiger charge is -2.11. The van der Waals surface area contributed by atoms with Gasteiger partial charge in [0.05, 0.1) is 4.90 Å². The Morgan fingerprint density at radius 1 is 1.53 bits per heavy atom. The molecule has 1 fully saturated rings. The second-order valence-corrected chi connectivity index (χ2v) is 7.24. The third-order valence-electron chi connectivity index (χ3n) is 2.96. The van der Waals surface area contributed by atoms with Crippen molar-refractivity contribution in [3.8, 4) is 0 Å². The normalized spacial score (nSPS) is 18.2. The molecule has 0 radical (unpaired) electrons. The van der Waals surface area contributed by atoms with Crippen LogP contribution in [0.25, 0.3) is 0 Å². The van der Waals surface area contributed by atoms with Crippen LogP contribution in [0.1, 0.15) is 24.6 Å². The highest BCUT2D eigenvalue weighted by Gasteiger charge is 2.31. The van der Waals surface area contributed by atoms with Crippen LogP contribution < -0.4 is 10.0 Å². The molecule has 2 rings (SSSR count). The molecule has 1 aliphatic rings. The quantitative estimate of drug-likeness (QED) is 0.827. The van der Waals surface area contributed by atoms with Crippen molar-refractivity contribution in [2.75, 3.05) is 7.05 Å². The van der Waals surface area contributed by atoms with Gasteiger partial charge in [0.1, 0.15) is 0 Å². The first-order valence-electron chi connectivity index (χ1n) is 5.77. The molecule has 0 spiro atoms. The second-order valence-electron chi connectivity index (χ2n) is 4.53. The Bertz CT molecular complexity index is 477. The summed E-state index contributed by atoms with van der Waals surface area (Å²) in [4.78, 5) is 1.42. The third-order valence-corrected chi connectivity index (χ3v) is 5.59. The van der Waals surface area contributed by atoms with Crippen LogP contribution >= 0.6 is 11.3 Å². The molecule has 0 saturated heterocycles. The third kappa shape index (κ3) is 3.28. The Morgan fingerprint density at radius 2 is 2.24 bits per heavy atom. The summed E-state index contributed by atoms with van der Waals surface area (Å²) in [5.41, 5.74) is 0. The van der Waals surface area contributed by atoms with E-state index in [2.05, 4.69) is 10.0 Å². The van der Waals surface area contributed by atoms with Gasteiger partial charge in [0, 0.05) is 22.8 Å². The van der Waals surface area contributed by atoms with Gasteiger partial charge in [-0.1, -0.05) is 0 Å². The molecule has 1 unspecified atom stereocenters. The smallest absolute Gasteiger partial charge is 0.241 e. The van der Waals surface area contributed by atoms with Crippen molar-refractivity contribution in [1.29, 1.82) is 0 Å². The van der Waals surface area contributed by atoms with Gasteiger partial charge in [-0.3, -0.25) is 0 Å². The summed E-state index contributed by atoms with van der Waals surface area (Å²) < 4.78 is 26.9. The monoisotopic (exact) mass is 274 g/mol. The van der Waals surface area contributed by atoms with Crippen LogP contribution in [0.4, 0.5) is 0 Å². The van der Waals surface area contributed by atoms with Crippen LogP contribution in [0.15, 0.2) is 16.3 Å². The highest BCUT2D eigenvalue weighted by Crippen LogP contribution is 2.33. The van der Waals surface area contributed by atoms with E-state index in [1.54, 1.807) is 11.4 Å². The molecule has 1 aromatic heterocycles. The van der Waals surface area contributed by atoms with Gasteiger partial charge in [0.2, 0.25) is 10.0 Å². The number of sulfonamides is 1. The van der Waals surface area contributed by atoms with Gasteiger partial charge in [-0.2, -0.15) is 0 Å². The van der Waals surface area contributed by atoms with Gasteiger partial charge in [-0.15, -0.1) is 11.3 Å². The van der Waals surface area contributed by atoms with Crippen LogP contribution in [-0.4, -0.2) is 21.5 Å². The summed E-state index contributed by atoms with van der Waals surface area (Å²) in [6.45, 7) is 2.65. The molecule has 1 aliphatic carbocycles. The lowest BCUT2D eigenvalue weighted by atomic mass is 10.2. The molecule has 17 heavy (non-hydrogen) atoms. The summed E-state index contributed by atoms with van der Waals surface area (Å²) in [6.07, 6.45) is 2.27. The van der Waals surface area contributed by atoms with Crippen LogP contribution in [-0.2, 0) is 16.6 Å². The highest BCUT2D eigenvalue weighted by atomic mass is 32.2. The SMILES string of the molecule is CNCc1cc(S(=O)(=O)NC(C)C2CC2)cs1. The fourth-order valence-electron chi connectivity index (χ4n) is 1.77. The topological polar surface area (TPSA) is 58.2 Å². The lowest BCUT2D eigenvalue weighted by Crippen LogP contribution is -2.33. The van der Waals surface area contributed by atoms with Crippen LogP contribution in [0.5, 0.6) is 0 Å². The van der Waals surface area contributed by atoms with Crippen molar-refractivity contribution in [3.05, 3.63) is 16.3 Å². The average molecular weight is 274 g/mol. The van der Waals surface area contributed by atoms with E-state index in [4.69, 9.17) is 0 Å². The van der Waals surface area contributed by atoms with Crippen molar-refractivity contribution < 1.29 is 8.42 Å². The van der Waals surface area contributed by atoms with E-state index >= 15 is 0 Å². The zero-order valence-electron chi connectivity index (χ0n) is 10.1. The van der Waals surface area contributed by atoms with Crippen LogP contribution in [0.3, 0.4) is 0 Å². The predicted molar refractivity (Wildman–Crippen MR) is 69.6 cm³/mol. The minimum absolute atomic E-state index is 0.0488. The lowest BCUT2D eigenvalue weighted by molar-refractivity contribution is 0.538. The zero-order chi connectivity index (χ0) is 12.5. The summed E-state index contributed by atoms with van der Waals surface area (Å²) in [6, 6.07) is 1.79. The number of thiophene rings is 1. The molecule has 2 N–H and O–H groups in total. The van der Waals surface area contributed by atoms with Crippen molar-refractivity contribution in [3.63, 3.8) is 0 Å². The Labute approximate surface area is 106 Å². The van der Waals surface area contributed by atoms with Gasteiger partial charge in [0.15, 0.2) is 0 Å². The summed E-state index contributed by atoms with van der Waals surface area (Å²) in [7, 11) is -1.48. The van der Waals surface area contributed by atoms with Gasteiger partial charge >= 0.3 is 0 Å². The molecule has 0 aliphatic heterocycles. The van der Waals surface area contributed by atoms with Crippen molar-refractivity contribution >= 4 is 21.4 Å². The number of hydrogen-bond donors (Lipinski definition) is 2. The maximum absolute atomic E-state index is 12.1. The minimum atomic E-state index is -3.33. The van der Waals surface area contributed by atoms with Crippen LogP contribution in [0, 0.1) is 5.92 Å². The Hall–Kier alpha value is -0.430. The summed E-state index contributed by atoms with van der Waals surface area (Å²) >= 11 is 1.47. The van der Waals surface area contributed by atoms with E-state index in [1.165, 1.54) is 11.3 Å². The summed E-state index contributed by atoms with van der Waals surface area (Å²) in [5.74, 6) is 0.528. The standard InChI is InChI=1S/C11H18N2O2S2/c1-8(9-3-4-9)13-17(14,15)11-5-10(6-12-2)16-7-11/h5,7-9,12-13H,3-4,6H2,1-2H3. The second kappa shape index (κ2) is 5.06. The molecular weight excluding hydrogens is 256 g/mol. The van der Waals surface area contributed by atoms with E-state index in [9.17, 15) is 8.42 Å². The highest BCUT2D eigenvalue weighted by molar-refractivity contribution is 7.89. The molecule has 1 saturated carbocycles. The Kier molecular flexibility index (Phi) is 3.87. The molecule has 1 heterocycles. The Morgan fingerprint density at radius 3 is 2.82 bits per heavy atom. The maximum atomic E-state index is 12.1.